The van der Waals surface area contributed by atoms with Gasteiger partial charge in [-0.05, 0) is 51.8 Å². The molecular formula is C21H26N2O5. The Hall–Kier alpha value is -2.83. The van der Waals surface area contributed by atoms with Crippen molar-refractivity contribution in [2.75, 3.05) is 0 Å². The molecule has 0 aliphatic heterocycles. The summed E-state index contributed by atoms with van der Waals surface area (Å²) in [5.41, 5.74) is 1.98. The second-order valence-electron chi connectivity index (χ2n) is 7.16. The van der Waals surface area contributed by atoms with Crippen LogP contribution in [0.1, 0.15) is 60.0 Å². The number of hydrogen-bond acceptors (Lipinski definition) is 6. The first kappa shape index (κ1) is 19.9. The monoisotopic (exact) mass is 386 g/mol. The molecule has 150 valence electrons. The lowest BCUT2D eigenvalue weighted by Gasteiger charge is -2.17. The third kappa shape index (κ3) is 4.91. The summed E-state index contributed by atoms with van der Waals surface area (Å²) in [6.07, 6.45) is 3.37. The van der Waals surface area contributed by atoms with Gasteiger partial charge in [0, 0.05) is 6.04 Å². The van der Waals surface area contributed by atoms with Crippen molar-refractivity contribution in [2.45, 2.75) is 65.2 Å². The van der Waals surface area contributed by atoms with Crippen LogP contribution in [0.5, 0.6) is 5.75 Å². The highest BCUT2D eigenvalue weighted by molar-refractivity contribution is 5.92. The van der Waals surface area contributed by atoms with Gasteiger partial charge in [0.2, 0.25) is 0 Å². The summed E-state index contributed by atoms with van der Waals surface area (Å²) < 4.78 is 16.2. The first-order chi connectivity index (χ1) is 13.4. The predicted molar refractivity (Wildman–Crippen MR) is 102 cm³/mol. The average Bonchev–Trinajstić information content (AvgIpc) is 3.30. The van der Waals surface area contributed by atoms with E-state index in [1.54, 1.807) is 31.2 Å². The van der Waals surface area contributed by atoms with Crippen LogP contribution in [0.2, 0.25) is 0 Å². The molecule has 1 aromatic heterocycles. The van der Waals surface area contributed by atoms with Crippen LogP contribution < -0.4 is 10.1 Å². The summed E-state index contributed by atoms with van der Waals surface area (Å²) in [5.74, 6) is 0.413. The average molecular weight is 386 g/mol. The number of amides is 1. The number of benzene rings is 1. The minimum absolute atomic E-state index is 0.190. The highest BCUT2D eigenvalue weighted by Gasteiger charge is 2.23. The normalized spacial score (nSPS) is 15.2. The summed E-state index contributed by atoms with van der Waals surface area (Å²) in [6.45, 7) is 5.55. The molecule has 1 amide bonds. The third-order valence-corrected chi connectivity index (χ3v) is 4.99. The van der Waals surface area contributed by atoms with Gasteiger partial charge in [-0.3, -0.25) is 4.79 Å². The zero-order chi connectivity index (χ0) is 20.1. The van der Waals surface area contributed by atoms with E-state index in [0.717, 1.165) is 36.9 Å². The van der Waals surface area contributed by atoms with E-state index in [1.165, 1.54) is 0 Å². The van der Waals surface area contributed by atoms with Crippen molar-refractivity contribution in [2.24, 2.45) is 0 Å². The van der Waals surface area contributed by atoms with E-state index in [1.807, 2.05) is 13.8 Å². The van der Waals surface area contributed by atoms with Crippen LogP contribution in [-0.2, 0) is 16.1 Å². The number of nitrogens with one attached hydrogen (secondary N) is 1. The van der Waals surface area contributed by atoms with Crippen LogP contribution >= 0.6 is 0 Å². The Kier molecular flexibility index (Phi) is 6.34. The van der Waals surface area contributed by atoms with Gasteiger partial charge in [-0.1, -0.05) is 24.1 Å². The van der Waals surface area contributed by atoms with Crippen molar-refractivity contribution >= 4 is 11.9 Å². The zero-order valence-corrected chi connectivity index (χ0v) is 16.5. The van der Waals surface area contributed by atoms with Crippen molar-refractivity contribution in [3.63, 3.8) is 0 Å². The molecule has 1 N–H and O–H groups in total. The quantitative estimate of drug-likeness (QED) is 0.733. The topological polar surface area (TPSA) is 90.7 Å². The maximum atomic E-state index is 12.4. The Morgan fingerprint density at radius 3 is 2.71 bits per heavy atom. The summed E-state index contributed by atoms with van der Waals surface area (Å²) in [5, 5.41) is 6.83. The molecule has 0 saturated heterocycles. The summed E-state index contributed by atoms with van der Waals surface area (Å²) in [7, 11) is 0. The molecule has 0 spiro atoms. The number of carbonyl (C=O) groups excluding carboxylic acids is 2. The molecule has 7 heteroatoms. The van der Waals surface area contributed by atoms with Gasteiger partial charge in [-0.2, -0.15) is 0 Å². The highest BCUT2D eigenvalue weighted by Crippen LogP contribution is 2.20. The van der Waals surface area contributed by atoms with Crippen LogP contribution in [0.4, 0.5) is 0 Å². The molecule has 7 nitrogen and oxygen atoms in total. The molecule has 3 rings (SSSR count). The molecule has 1 aliphatic rings. The number of esters is 1. The fourth-order valence-electron chi connectivity index (χ4n) is 3.25. The predicted octanol–water partition coefficient (Wildman–Crippen LogP) is 3.47. The van der Waals surface area contributed by atoms with E-state index in [2.05, 4.69) is 10.5 Å². The van der Waals surface area contributed by atoms with Gasteiger partial charge in [0.1, 0.15) is 18.1 Å². The Morgan fingerprint density at radius 1 is 1.29 bits per heavy atom. The maximum absolute atomic E-state index is 12.4. The molecule has 1 heterocycles. The van der Waals surface area contributed by atoms with Gasteiger partial charge in [-0.15, -0.1) is 0 Å². The first-order valence-electron chi connectivity index (χ1n) is 9.60. The van der Waals surface area contributed by atoms with Crippen LogP contribution in [0, 0.1) is 13.8 Å². The minimum Gasteiger partial charge on any atom is -0.489 e. The second kappa shape index (κ2) is 8.91. The lowest BCUT2D eigenvalue weighted by molar-refractivity contribution is -0.129. The zero-order valence-electron chi connectivity index (χ0n) is 16.5. The van der Waals surface area contributed by atoms with E-state index in [9.17, 15) is 9.59 Å². The van der Waals surface area contributed by atoms with Crippen LogP contribution in [0.25, 0.3) is 0 Å². The third-order valence-electron chi connectivity index (χ3n) is 4.99. The van der Waals surface area contributed by atoms with Crippen LogP contribution in [0.15, 0.2) is 28.8 Å². The molecule has 0 bridgehead atoms. The Bertz CT molecular complexity index is 820. The van der Waals surface area contributed by atoms with Crippen LogP contribution in [-0.4, -0.2) is 29.2 Å². The van der Waals surface area contributed by atoms with Crippen LogP contribution in [0.3, 0.4) is 0 Å². The maximum Gasteiger partial charge on any atom is 0.339 e. The number of hydrogen-bond donors (Lipinski definition) is 1. The van der Waals surface area contributed by atoms with E-state index in [0.29, 0.717) is 23.7 Å². The highest BCUT2D eigenvalue weighted by atomic mass is 16.5. The van der Waals surface area contributed by atoms with E-state index in [-0.39, 0.29) is 11.9 Å². The first-order valence-corrected chi connectivity index (χ1v) is 9.60. The van der Waals surface area contributed by atoms with E-state index >= 15 is 0 Å². The van der Waals surface area contributed by atoms with Crippen molar-refractivity contribution in [1.82, 2.24) is 10.5 Å². The van der Waals surface area contributed by atoms with Gasteiger partial charge in [0.05, 0.1) is 16.8 Å². The van der Waals surface area contributed by atoms with Crippen molar-refractivity contribution < 1.29 is 23.6 Å². The molecule has 1 fully saturated rings. The molecule has 2 aromatic rings. The largest absolute Gasteiger partial charge is 0.489 e. The molecular weight excluding hydrogens is 360 g/mol. The number of carbonyl (C=O) groups is 2. The van der Waals surface area contributed by atoms with Gasteiger partial charge < -0.3 is 19.3 Å². The molecule has 0 radical (unpaired) electrons. The Labute approximate surface area is 164 Å². The number of aryl methyl sites for hydroxylation is 2. The minimum atomic E-state index is -0.847. The molecule has 1 atom stereocenters. The Morgan fingerprint density at radius 2 is 2.04 bits per heavy atom. The van der Waals surface area contributed by atoms with Gasteiger partial charge in [0.15, 0.2) is 6.10 Å². The van der Waals surface area contributed by atoms with E-state index in [4.69, 9.17) is 14.0 Å². The molecule has 1 aliphatic carbocycles. The van der Waals surface area contributed by atoms with E-state index < -0.39 is 12.1 Å². The standard InChI is InChI=1S/C21H26N2O5/c1-13-19(14(2)28-23-13)12-26-18-10-6-7-16(11-18)21(25)27-15(3)20(24)22-17-8-4-5-9-17/h6-7,10-11,15,17H,4-5,8-9,12H2,1-3H3,(H,22,24)/t15-/m1/s1. The number of nitrogens with zero attached hydrogens (tertiary/aromatic N) is 1. The summed E-state index contributed by atoms with van der Waals surface area (Å²) in [4.78, 5) is 24.6. The number of aromatic nitrogens is 1. The fourth-order valence-corrected chi connectivity index (χ4v) is 3.25. The summed E-state index contributed by atoms with van der Waals surface area (Å²) >= 11 is 0. The van der Waals surface area contributed by atoms with Gasteiger partial charge in [-0.25, -0.2) is 4.79 Å². The number of rotatable bonds is 7. The second-order valence-corrected chi connectivity index (χ2v) is 7.16. The van der Waals surface area contributed by atoms with Gasteiger partial charge >= 0.3 is 5.97 Å². The smallest absolute Gasteiger partial charge is 0.339 e. The summed E-state index contributed by atoms with van der Waals surface area (Å²) in [6, 6.07) is 6.89. The lowest BCUT2D eigenvalue weighted by Crippen LogP contribution is -2.40. The Balaban J connectivity index is 1.56. The van der Waals surface area contributed by atoms with Crippen molar-refractivity contribution in [3.8, 4) is 5.75 Å². The lowest BCUT2D eigenvalue weighted by atomic mass is 10.2. The fraction of sp³-hybridized carbons (Fsp3) is 0.476. The molecule has 0 unspecified atom stereocenters. The van der Waals surface area contributed by atoms with Gasteiger partial charge in [0.25, 0.3) is 5.91 Å². The van der Waals surface area contributed by atoms with Crippen molar-refractivity contribution in [1.29, 1.82) is 0 Å². The SMILES string of the molecule is Cc1noc(C)c1COc1cccc(C(=O)O[C@H](C)C(=O)NC2CCCC2)c1. The number of ether oxygens (including phenoxy) is 2. The van der Waals surface area contributed by atoms with Crippen molar-refractivity contribution in [3.05, 3.63) is 46.8 Å². The molecule has 1 aromatic carbocycles. The molecule has 1 saturated carbocycles. The molecule has 28 heavy (non-hydrogen) atoms.